The lowest BCUT2D eigenvalue weighted by Crippen LogP contribution is -2.42. The van der Waals surface area contributed by atoms with Gasteiger partial charge in [0, 0.05) is 19.8 Å². The van der Waals surface area contributed by atoms with Gasteiger partial charge in [-0.2, -0.15) is 0 Å². The van der Waals surface area contributed by atoms with E-state index in [1.165, 1.54) is 51.4 Å². The fourth-order valence-electron chi connectivity index (χ4n) is 3.85. The number of amides is 1. The number of aliphatic hydroxyl groups excluding tert-OH is 2. The fraction of sp³-hybridized carbons (Fsp3) is 0.800. The Morgan fingerprint density at radius 1 is 0.828 bits per heavy atom. The van der Waals surface area contributed by atoms with Crippen LogP contribution >= 0.6 is 0 Å². The zero-order valence-electron chi connectivity index (χ0n) is 19.0. The smallest absolute Gasteiger partial charge is 0.226 e. The summed E-state index contributed by atoms with van der Waals surface area (Å²) in [6.45, 7) is 6.23. The molecule has 0 fully saturated rings. The van der Waals surface area contributed by atoms with E-state index in [0.29, 0.717) is 25.8 Å². The van der Waals surface area contributed by atoms with Gasteiger partial charge in [0.1, 0.15) is 0 Å². The van der Waals surface area contributed by atoms with Gasteiger partial charge in [-0.05, 0) is 44.9 Å². The average molecular weight is 410 g/mol. The first kappa shape index (κ1) is 27.9. The van der Waals surface area contributed by atoms with Crippen molar-refractivity contribution in [1.82, 2.24) is 5.32 Å². The minimum atomic E-state index is -0.663. The molecular weight excluding hydrogens is 362 g/mol. The number of nitrogens with one attached hydrogen (secondary N) is 1. The standard InChI is InChI=1S/C25H47NO3/c1-3-5-6-7-8-9-10-11-12-13-14-15-16-17-18-25(19-22-27,20-23-28)24(29)26-21-4-2/h4,11-12,27-28H,2-3,5-10,13-23H2,1H3,(H,26,29)/b12-11-. The van der Waals surface area contributed by atoms with Gasteiger partial charge in [0.2, 0.25) is 5.91 Å². The molecule has 0 aliphatic rings. The molecule has 0 radical (unpaired) electrons. The first-order chi connectivity index (χ1) is 14.2. The SMILES string of the molecule is C=CCNC(=O)C(CCO)(CCO)CCCCCC/C=C\CCCCCCCC. The van der Waals surface area contributed by atoms with Gasteiger partial charge in [0.05, 0.1) is 5.41 Å². The van der Waals surface area contributed by atoms with Crippen molar-refractivity contribution in [3.05, 3.63) is 24.8 Å². The molecule has 29 heavy (non-hydrogen) atoms. The Kier molecular flexibility index (Phi) is 19.4. The lowest BCUT2D eigenvalue weighted by molar-refractivity contribution is -0.133. The molecule has 0 heterocycles. The monoisotopic (exact) mass is 409 g/mol. The third kappa shape index (κ3) is 14.5. The highest BCUT2D eigenvalue weighted by molar-refractivity contribution is 5.82. The molecule has 3 N–H and O–H groups in total. The van der Waals surface area contributed by atoms with Gasteiger partial charge in [-0.1, -0.05) is 76.5 Å². The van der Waals surface area contributed by atoms with Crippen LogP contribution in [-0.2, 0) is 4.79 Å². The van der Waals surface area contributed by atoms with Gasteiger partial charge in [-0.15, -0.1) is 6.58 Å². The molecule has 0 aromatic rings. The first-order valence-electron chi connectivity index (χ1n) is 11.9. The Morgan fingerprint density at radius 3 is 1.86 bits per heavy atom. The molecule has 0 spiro atoms. The van der Waals surface area contributed by atoms with Crippen molar-refractivity contribution in [2.45, 2.75) is 103 Å². The molecule has 0 saturated carbocycles. The second-order valence-corrected chi connectivity index (χ2v) is 8.21. The van der Waals surface area contributed by atoms with Crippen molar-refractivity contribution < 1.29 is 15.0 Å². The summed E-state index contributed by atoms with van der Waals surface area (Å²) in [5.74, 6) is -0.0712. The van der Waals surface area contributed by atoms with Crippen LogP contribution in [0.25, 0.3) is 0 Å². The molecule has 0 aromatic carbocycles. The van der Waals surface area contributed by atoms with Crippen molar-refractivity contribution >= 4 is 5.91 Å². The number of carbonyl (C=O) groups is 1. The summed E-state index contributed by atoms with van der Waals surface area (Å²) in [4.78, 5) is 12.6. The molecular formula is C25H47NO3. The van der Waals surface area contributed by atoms with Crippen LogP contribution in [0.15, 0.2) is 24.8 Å². The quantitative estimate of drug-likeness (QED) is 0.168. The number of rotatable bonds is 21. The first-order valence-corrected chi connectivity index (χ1v) is 11.9. The molecule has 170 valence electrons. The molecule has 1 amide bonds. The van der Waals surface area contributed by atoms with Crippen molar-refractivity contribution in [1.29, 1.82) is 0 Å². The van der Waals surface area contributed by atoms with E-state index in [4.69, 9.17) is 0 Å². The van der Waals surface area contributed by atoms with Crippen molar-refractivity contribution in [2.24, 2.45) is 5.41 Å². The molecule has 0 aromatic heterocycles. The van der Waals surface area contributed by atoms with Crippen molar-refractivity contribution in [3.63, 3.8) is 0 Å². The van der Waals surface area contributed by atoms with E-state index in [-0.39, 0.29) is 19.1 Å². The highest BCUT2D eigenvalue weighted by Crippen LogP contribution is 2.33. The number of hydrogen-bond acceptors (Lipinski definition) is 3. The maximum atomic E-state index is 12.6. The maximum absolute atomic E-state index is 12.6. The highest BCUT2D eigenvalue weighted by atomic mass is 16.3. The Labute approximate surface area is 179 Å². The van der Waals surface area contributed by atoms with E-state index >= 15 is 0 Å². The number of carbonyl (C=O) groups excluding carboxylic acids is 1. The number of unbranched alkanes of at least 4 members (excludes halogenated alkanes) is 10. The lowest BCUT2D eigenvalue weighted by Gasteiger charge is -2.31. The summed E-state index contributed by atoms with van der Waals surface area (Å²) in [6, 6.07) is 0. The minimum absolute atomic E-state index is 0.0368. The van der Waals surface area contributed by atoms with E-state index in [2.05, 4.69) is 31.0 Å². The second kappa shape index (κ2) is 20.2. The van der Waals surface area contributed by atoms with Crippen LogP contribution in [0.3, 0.4) is 0 Å². The van der Waals surface area contributed by atoms with Gasteiger partial charge in [0.15, 0.2) is 0 Å². The van der Waals surface area contributed by atoms with Gasteiger partial charge in [-0.3, -0.25) is 4.79 Å². The number of aliphatic hydroxyl groups is 2. The Morgan fingerprint density at radius 2 is 1.34 bits per heavy atom. The van der Waals surface area contributed by atoms with Gasteiger partial charge >= 0.3 is 0 Å². The second-order valence-electron chi connectivity index (χ2n) is 8.21. The van der Waals surface area contributed by atoms with E-state index in [9.17, 15) is 15.0 Å². The minimum Gasteiger partial charge on any atom is -0.396 e. The van der Waals surface area contributed by atoms with E-state index in [1.807, 2.05) is 0 Å². The molecule has 4 nitrogen and oxygen atoms in total. The van der Waals surface area contributed by atoms with Crippen LogP contribution in [0, 0.1) is 5.41 Å². The summed E-state index contributed by atoms with van der Waals surface area (Å²) >= 11 is 0. The zero-order chi connectivity index (χ0) is 21.6. The van der Waals surface area contributed by atoms with Crippen LogP contribution in [0.2, 0.25) is 0 Å². The normalized spacial score (nSPS) is 11.8. The fourth-order valence-corrected chi connectivity index (χ4v) is 3.85. The maximum Gasteiger partial charge on any atom is 0.226 e. The summed E-state index contributed by atoms with van der Waals surface area (Å²) in [6.07, 6.45) is 22.6. The predicted octanol–water partition coefficient (Wildman–Crippen LogP) is 5.69. The van der Waals surface area contributed by atoms with Crippen molar-refractivity contribution in [3.8, 4) is 0 Å². The molecule has 0 unspecified atom stereocenters. The third-order valence-corrected chi connectivity index (χ3v) is 5.74. The number of allylic oxidation sites excluding steroid dienone is 2. The molecule has 0 saturated heterocycles. The summed E-state index contributed by atoms with van der Waals surface area (Å²) in [5, 5.41) is 21.7. The molecule has 0 aliphatic carbocycles. The molecule has 4 heteroatoms. The summed E-state index contributed by atoms with van der Waals surface area (Å²) < 4.78 is 0. The Balaban J connectivity index is 3.98. The van der Waals surface area contributed by atoms with Gasteiger partial charge in [0.25, 0.3) is 0 Å². The predicted molar refractivity (Wildman–Crippen MR) is 124 cm³/mol. The molecule has 0 bridgehead atoms. The Bertz CT molecular complexity index is 414. The summed E-state index contributed by atoms with van der Waals surface area (Å²) in [5.41, 5.74) is -0.663. The van der Waals surface area contributed by atoms with E-state index < -0.39 is 5.41 Å². The van der Waals surface area contributed by atoms with Crippen LogP contribution in [0.1, 0.15) is 103 Å². The van der Waals surface area contributed by atoms with Crippen LogP contribution in [0.5, 0.6) is 0 Å². The van der Waals surface area contributed by atoms with E-state index in [0.717, 1.165) is 25.7 Å². The molecule has 0 aliphatic heterocycles. The largest absolute Gasteiger partial charge is 0.396 e. The van der Waals surface area contributed by atoms with Crippen LogP contribution in [-0.4, -0.2) is 35.9 Å². The summed E-state index contributed by atoms with van der Waals surface area (Å²) in [7, 11) is 0. The highest BCUT2D eigenvalue weighted by Gasteiger charge is 2.36. The van der Waals surface area contributed by atoms with Gasteiger partial charge < -0.3 is 15.5 Å². The van der Waals surface area contributed by atoms with Gasteiger partial charge in [-0.25, -0.2) is 0 Å². The van der Waals surface area contributed by atoms with E-state index in [1.54, 1.807) is 6.08 Å². The topological polar surface area (TPSA) is 69.6 Å². The third-order valence-electron chi connectivity index (χ3n) is 5.74. The lowest BCUT2D eigenvalue weighted by atomic mass is 9.76. The zero-order valence-corrected chi connectivity index (χ0v) is 19.0. The molecule has 0 rings (SSSR count). The Hall–Kier alpha value is -1.13. The van der Waals surface area contributed by atoms with Crippen LogP contribution in [0.4, 0.5) is 0 Å². The number of hydrogen-bond donors (Lipinski definition) is 3. The average Bonchev–Trinajstić information content (AvgIpc) is 2.72. The van der Waals surface area contributed by atoms with Crippen molar-refractivity contribution in [2.75, 3.05) is 19.8 Å². The van der Waals surface area contributed by atoms with Crippen LogP contribution < -0.4 is 5.32 Å². The molecule has 0 atom stereocenters.